The molecule has 0 saturated carbocycles. The number of anilines is 2. The molecule has 5 heteroatoms. The minimum absolute atomic E-state index is 0.234. The van der Waals surface area contributed by atoms with Crippen molar-refractivity contribution in [3.63, 3.8) is 0 Å². The van der Waals surface area contributed by atoms with Crippen molar-refractivity contribution in [2.24, 2.45) is 0 Å². The van der Waals surface area contributed by atoms with Crippen molar-refractivity contribution in [2.75, 3.05) is 5.32 Å². The maximum absolute atomic E-state index is 13.6. The molecule has 0 unspecified atom stereocenters. The van der Waals surface area contributed by atoms with Gasteiger partial charge in [0, 0.05) is 5.02 Å². The van der Waals surface area contributed by atoms with Crippen LogP contribution in [0.4, 0.5) is 15.8 Å². The van der Waals surface area contributed by atoms with Crippen LogP contribution in [0.1, 0.15) is 5.56 Å². The van der Waals surface area contributed by atoms with Crippen LogP contribution in [-0.4, -0.2) is 0 Å². The van der Waals surface area contributed by atoms with Crippen molar-refractivity contribution in [1.29, 1.82) is 5.26 Å². The number of hydrogen-bond acceptors (Lipinski definition) is 2. The highest BCUT2D eigenvalue weighted by Crippen LogP contribution is 2.28. The Morgan fingerprint density at radius 1 is 1.11 bits per heavy atom. The highest BCUT2D eigenvalue weighted by atomic mass is 35.5. The maximum atomic E-state index is 13.6. The molecule has 2 nitrogen and oxygen atoms in total. The van der Waals surface area contributed by atoms with Crippen molar-refractivity contribution in [1.82, 2.24) is 0 Å². The normalized spacial score (nSPS) is 9.89. The summed E-state index contributed by atoms with van der Waals surface area (Å²) in [4.78, 5) is 0. The van der Waals surface area contributed by atoms with Crippen molar-refractivity contribution in [3.05, 3.63) is 57.8 Å². The van der Waals surface area contributed by atoms with E-state index in [1.54, 1.807) is 24.3 Å². The fourth-order valence-corrected chi connectivity index (χ4v) is 1.85. The van der Waals surface area contributed by atoms with E-state index < -0.39 is 5.82 Å². The first-order valence-corrected chi connectivity index (χ1v) is 5.78. The van der Waals surface area contributed by atoms with Crippen LogP contribution in [0, 0.1) is 17.1 Å². The maximum Gasteiger partial charge on any atom is 0.148 e. The Morgan fingerprint density at radius 2 is 1.89 bits per heavy atom. The van der Waals surface area contributed by atoms with Gasteiger partial charge in [0.15, 0.2) is 0 Å². The molecule has 0 radical (unpaired) electrons. The second-order valence-corrected chi connectivity index (χ2v) is 4.37. The Kier molecular flexibility index (Phi) is 3.71. The summed E-state index contributed by atoms with van der Waals surface area (Å²) in [5, 5.41) is 12.4. The molecule has 1 N–H and O–H groups in total. The molecule has 0 bridgehead atoms. The van der Waals surface area contributed by atoms with Crippen LogP contribution in [0.2, 0.25) is 10.0 Å². The molecule has 0 saturated heterocycles. The van der Waals surface area contributed by atoms with Crippen LogP contribution in [0.25, 0.3) is 0 Å². The zero-order valence-electron chi connectivity index (χ0n) is 9.05. The first-order valence-electron chi connectivity index (χ1n) is 5.02. The quantitative estimate of drug-likeness (QED) is 0.862. The molecule has 2 aromatic rings. The van der Waals surface area contributed by atoms with Crippen LogP contribution >= 0.6 is 23.2 Å². The number of nitrogens with zero attached hydrogens (tertiary/aromatic N) is 1. The molecule has 0 spiro atoms. The largest absolute Gasteiger partial charge is 0.352 e. The summed E-state index contributed by atoms with van der Waals surface area (Å²) >= 11 is 11.5. The van der Waals surface area contributed by atoms with E-state index in [-0.39, 0.29) is 11.3 Å². The average Bonchev–Trinajstić information content (AvgIpc) is 2.33. The zero-order chi connectivity index (χ0) is 13.1. The van der Waals surface area contributed by atoms with Gasteiger partial charge in [-0.25, -0.2) is 4.39 Å². The minimum atomic E-state index is -0.494. The van der Waals surface area contributed by atoms with E-state index >= 15 is 0 Å². The van der Waals surface area contributed by atoms with Crippen molar-refractivity contribution >= 4 is 34.6 Å². The average molecular weight is 281 g/mol. The molecular formula is C13H7Cl2FN2. The Balaban J connectivity index is 2.41. The van der Waals surface area contributed by atoms with Gasteiger partial charge in [-0.15, -0.1) is 0 Å². The lowest BCUT2D eigenvalue weighted by Gasteiger charge is -2.10. The predicted octanol–water partition coefficient (Wildman–Crippen LogP) is 4.75. The summed E-state index contributed by atoms with van der Waals surface area (Å²) < 4.78 is 13.6. The number of nitriles is 1. The molecule has 0 atom stereocenters. The molecule has 18 heavy (non-hydrogen) atoms. The second kappa shape index (κ2) is 5.26. The third-order valence-corrected chi connectivity index (χ3v) is 2.88. The third kappa shape index (κ3) is 2.56. The summed E-state index contributed by atoms with van der Waals surface area (Å²) in [6.45, 7) is 0. The molecule has 0 aliphatic carbocycles. The standard InChI is InChI=1S/C13H7Cl2FN2/c14-8-4-5-13(11(16)6-8)18-12-3-1-2-10(15)9(12)7-17/h1-6,18H. The van der Waals surface area contributed by atoms with Gasteiger partial charge in [-0.05, 0) is 30.3 Å². The third-order valence-electron chi connectivity index (χ3n) is 2.33. The van der Waals surface area contributed by atoms with Gasteiger partial charge in [0.2, 0.25) is 0 Å². The van der Waals surface area contributed by atoms with Gasteiger partial charge in [-0.3, -0.25) is 0 Å². The van der Waals surface area contributed by atoms with Crippen molar-refractivity contribution in [2.45, 2.75) is 0 Å². The van der Waals surface area contributed by atoms with Crippen LogP contribution in [-0.2, 0) is 0 Å². The van der Waals surface area contributed by atoms with Crippen LogP contribution in [0.3, 0.4) is 0 Å². The van der Waals surface area contributed by atoms with Crippen LogP contribution < -0.4 is 5.32 Å². The fourth-order valence-electron chi connectivity index (χ4n) is 1.48. The highest BCUT2D eigenvalue weighted by Gasteiger charge is 2.09. The second-order valence-electron chi connectivity index (χ2n) is 3.52. The predicted molar refractivity (Wildman–Crippen MR) is 70.9 cm³/mol. The lowest BCUT2D eigenvalue weighted by molar-refractivity contribution is 0.632. The van der Waals surface area contributed by atoms with Crippen molar-refractivity contribution < 1.29 is 4.39 Å². The van der Waals surface area contributed by atoms with E-state index in [1.807, 2.05) is 6.07 Å². The fraction of sp³-hybridized carbons (Fsp3) is 0. The number of hydrogen-bond donors (Lipinski definition) is 1. The van der Waals surface area contributed by atoms with E-state index in [2.05, 4.69) is 5.32 Å². The summed E-state index contributed by atoms with van der Waals surface area (Å²) in [6.07, 6.45) is 0. The number of rotatable bonds is 2. The molecule has 0 aliphatic heterocycles. The monoisotopic (exact) mass is 280 g/mol. The van der Waals surface area contributed by atoms with E-state index in [4.69, 9.17) is 28.5 Å². The van der Waals surface area contributed by atoms with Gasteiger partial charge in [0.05, 0.1) is 22.0 Å². The summed E-state index contributed by atoms with van der Waals surface area (Å²) in [5.74, 6) is -0.494. The smallest absolute Gasteiger partial charge is 0.148 e. The molecule has 2 aromatic carbocycles. The summed E-state index contributed by atoms with van der Waals surface area (Å²) in [7, 11) is 0. The molecular weight excluding hydrogens is 274 g/mol. The SMILES string of the molecule is N#Cc1c(Cl)cccc1Nc1ccc(Cl)cc1F. The minimum Gasteiger partial charge on any atom is -0.352 e. The molecule has 0 heterocycles. The van der Waals surface area contributed by atoms with E-state index in [1.165, 1.54) is 12.1 Å². The van der Waals surface area contributed by atoms with E-state index in [9.17, 15) is 4.39 Å². The Morgan fingerprint density at radius 3 is 2.56 bits per heavy atom. The molecule has 0 amide bonds. The first-order chi connectivity index (χ1) is 8.61. The Bertz CT molecular complexity index is 635. The number of benzene rings is 2. The Labute approximate surface area is 114 Å². The van der Waals surface area contributed by atoms with Crippen LogP contribution in [0.5, 0.6) is 0 Å². The van der Waals surface area contributed by atoms with Gasteiger partial charge < -0.3 is 5.32 Å². The summed E-state index contributed by atoms with van der Waals surface area (Å²) in [5.41, 5.74) is 0.956. The van der Waals surface area contributed by atoms with Gasteiger partial charge in [0.1, 0.15) is 11.9 Å². The van der Waals surface area contributed by atoms with E-state index in [0.29, 0.717) is 15.7 Å². The lowest BCUT2D eigenvalue weighted by atomic mass is 10.2. The van der Waals surface area contributed by atoms with Gasteiger partial charge in [-0.1, -0.05) is 29.3 Å². The Hall–Kier alpha value is -1.76. The van der Waals surface area contributed by atoms with Gasteiger partial charge in [-0.2, -0.15) is 5.26 Å². The van der Waals surface area contributed by atoms with E-state index in [0.717, 1.165) is 0 Å². The molecule has 0 aliphatic rings. The molecule has 0 fully saturated rings. The van der Waals surface area contributed by atoms with Crippen molar-refractivity contribution in [3.8, 4) is 6.07 Å². The number of halogens is 3. The van der Waals surface area contributed by atoms with Gasteiger partial charge in [0.25, 0.3) is 0 Å². The van der Waals surface area contributed by atoms with Gasteiger partial charge >= 0.3 is 0 Å². The molecule has 2 rings (SSSR count). The topological polar surface area (TPSA) is 35.8 Å². The highest BCUT2D eigenvalue weighted by molar-refractivity contribution is 6.32. The number of nitrogens with one attached hydrogen (secondary N) is 1. The molecule has 0 aromatic heterocycles. The summed E-state index contributed by atoms with van der Waals surface area (Å²) in [6, 6.07) is 11.2. The molecule has 90 valence electrons. The zero-order valence-corrected chi connectivity index (χ0v) is 10.6. The van der Waals surface area contributed by atoms with Crippen LogP contribution in [0.15, 0.2) is 36.4 Å². The first kappa shape index (κ1) is 12.7. The lowest BCUT2D eigenvalue weighted by Crippen LogP contribution is -1.96.